The molecule has 0 bridgehead atoms. The van der Waals surface area contributed by atoms with E-state index in [1.54, 1.807) is 18.2 Å². The Kier molecular flexibility index (Phi) is 3.19. The Morgan fingerprint density at radius 1 is 1.24 bits per heavy atom. The predicted octanol–water partition coefficient (Wildman–Crippen LogP) is 1.46. The van der Waals surface area contributed by atoms with Crippen LogP contribution >= 0.6 is 0 Å². The number of hydrogen-bond donors (Lipinski definition) is 3. The van der Waals surface area contributed by atoms with Crippen LogP contribution in [0.4, 0.5) is 5.69 Å². The first-order valence-electron chi connectivity index (χ1n) is 6.32. The molecule has 0 fully saturated rings. The lowest BCUT2D eigenvalue weighted by Gasteiger charge is -2.06. The quantitative estimate of drug-likeness (QED) is 0.673. The van der Waals surface area contributed by atoms with Crippen molar-refractivity contribution in [3.8, 4) is 11.4 Å². The lowest BCUT2D eigenvalue weighted by molar-refractivity contribution is 0.102. The van der Waals surface area contributed by atoms with Crippen molar-refractivity contribution in [3.05, 3.63) is 41.2 Å². The van der Waals surface area contributed by atoms with E-state index in [0.29, 0.717) is 17.1 Å². The summed E-state index contributed by atoms with van der Waals surface area (Å²) in [4.78, 5) is 12.3. The monoisotopic (exact) mass is 283 g/mol. The number of H-pyrrole nitrogens is 2. The van der Waals surface area contributed by atoms with Crippen molar-refractivity contribution in [1.82, 2.24) is 30.8 Å². The maximum Gasteiger partial charge on any atom is 0.255 e. The van der Waals surface area contributed by atoms with Crippen molar-refractivity contribution < 1.29 is 4.79 Å². The fourth-order valence-corrected chi connectivity index (χ4v) is 2.00. The van der Waals surface area contributed by atoms with Gasteiger partial charge in [0.25, 0.3) is 5.91 Å². The molecule has 8 nitrogen and oxygen atoms in total. The predicted molar refractivity (Wildman–Crippen MR) is 75.6 cm³/mol. The number of tetrazole rings is 1. The molecule has 106 valence electrons. The van der Waals surface area contributed by atoms with Crippen molar-refractivity contribution in [3.63, 3.8) is 0 Å². The largest absolute Gasteiger partial charge is 0.319 e. The number of amides is 1. The van der Waals surface area contributed by atoms with Gasteiger partial charge in [-0.05, 0) is 31.2 Å². The van der Waals surface area contributed by atoms with E-state index in [1.165, 1.54) is 0 Å². The number of hydrogen-bond acceptors (Lipinski definition) is 5. The summed E-state index contributed by atoms with van der Waals surface area (Å²) < 4.78 is 0. The number of nitrogens with zero attached hydrogens (tertiary/aromatic N) is 4. The number of anilines is 1. The minimum atomic E-state index is -0.215. The fourth-order valence-electron chi connectivity index (χ4n) is 2.00. The minimum absolute atomic E-state index is 0.215. The first-order chi connectivity index (χ1) is 10.1. The van der Waals surface area contributed by atoms with Gasteiger partial charge in [-0.1, -0.05) is 12.1 Å². The molecule has 0 atom stereocenters. The topological polar surface area (TPSA) is 112 Å². The third-order valence-corrected chi connectivity index (χ3v) is 3.09. The Bertz CT molecular complexity index is 756. The van der Waals surface area contributed by atoms with Gasteiger partial charge in [-0.15, -0.1) is 10.2 Å². The zero-order valence-electron chi connectivity index (χ0n) is 11.5. The number of aromatic amines is 2. The molecule has 0 saturated carbocycles. The Labute approximate surface area is 120 Å². The van der Waals surface area contributed by atoms with Gasteiger partial charge in [-0.25, -0.2) is 0 Å². The molecule has 1 aromatic carbocycles. The van der Waals surface area contributed by atoms with Crippen LogP contribution in [0.3, 0.4) is 0 Å². The summed E-state index contributed by atoms with van der Waals surface area (Å²) in [7, 11) is 0. The van der Waals surface area contributed by atoms with E-state index in [2.05, 4.69) is 36.1 Å². The molecule has 3 aromatic rings. The van der Waals surface area contributed by atoms with Crippen molar-refractivity contribution in [2.24, 2.45) is 0 Å². The van der Waals surface area contributed by atoms with E-state index in [-0.39, 0.29) is 5.91 Å². The molecule has 0 spiro atoms. The molecule has 0 aliphatic heterocycles. The highest BCUT2D eigenvalue weighted by Gasteiger charge is 2.13. The van der Waals surface area contributed by atoms with Crippen LogP contribution in [-0.2, 0) is 0 Å². The third kappa shape index (κ3) is 2.50. The van der Waals surface area contributed by atoms with Crippen molar-refractivity contribution in [2.45, 2.75) is 13.8 Å². The third-order valence-electron chi connectivity index (χ3n) is 3.09. The number of rotatable bonds is 3. The van der Waals surface area contributed by atoms with Gasteiger partial charge in [0.1, 0.15) is 0 Å². The van der Waals surface area contributed by atoms with Crippen LogP contribution in [0.2, 0.25) is 0 Å². The standard InChI is InChI=1S/C13H13N7O/c1-7-11(8(2)16-15-7)14-13(21)10-5-3-4-9(6-10)12-17-19-20-18-12/h3-6H,1-2H3,(H,14,21)(H,15,16)(H,17,18,19,20). The van der Waals surface area contributed by atoms with E-state index >= 15 is 0 Å². The first-order valence-corrected chi connectivity index (χ1v) is 6.32. The Hall–Kier alpha value is -3.03. The molecule has 2 heterocycles. The van der Waals surface area contributed by atoms with Gasteiger partial charge < -0.3 is 5.32 Å². The summed E-state index contributed by atoms with van der Waals surface area (Å²) in [6.45, 7) is 3.68. The van der Waals surface area contributed by atoms with Crippen LogP contribution in [0.25, 0.3) is 11.4 Å². The number of carbonyl (C=O) groups is 1. The molecule has 0 radical (unpaired) electrons. The smallest absolute Gasteiger partial charge is 0.255 e. The summed E-state index contributed by atoms with van der Waals surface area (Å²) in [5.74, 6) is 0.230. The van der Waals surface area contributed by atoms with Gasteiger partial charge in [-0.2, -0.15) is 10.3 Å². The second-order valence-electron chi connectivity index (χ2n) is 4.58. The lowest BCUT2D eigenvalue weighted by Crippen LogP contribution is -2.13. The van der Waals surface area contributed by atoms with Gasteiger partial charge in [-0.3, -0.25) is 9.89 Å². The maximum absolute atomic E-state index is 12.3. The van der Waals surface area contributed by atoms with E-state index in [4.69, 9.17) is 0 Å². The van der Waals surface area contributed by atoms with Crippen LogP contribution in [0, 0.1) is 13.8 Å². The molecule has 0 unspecified atom stereocenters. The van der Waals surface area contributed by atoms with Crippen LogP contribution < -0.4 is 5.32 Å². The first kappa shape index (κ1) is 13.0. The summed E-state index contributed by atoms with van der Waals surface area (Å²) in [5, 5.41) is 23.4. The van der Waals surface area contributed by atoms with Crippen LogP contribution in [0.15, 0.2) is 24.3 Å². The maximum atomic E-state index is 12.3. The highest BCUT2D eigenvalue weighted by atomic mass is 16.1. The van der Waals surface area contributed by atoms with E-state index < -0.39 is 0 Å². The summed E-state index contributed by atoms with van der Waals surface area (Å²) in [6, 6.07) is 7.03. The number of benzene rings is 1. The lowest BCUT2D eigenvalue weighted by atomic mass is 10.1. The van der Waals surface area contributed by atoms with Gasteiger partial charge in [0.2, 0.25) is 5.82 Å². The van der Waals surface area contributed by atoms with E-state index in [9.17, 15) is 4.79 Å². The number of aryl methyl sites for hydroxylation is 2. The van der Waals surface area contributed by atoms with Crippen molar-refractivity contribution in [2.75, 3.05) is 5.32 Å². The molecule has 8 heteroatoms. The van der Waals surface area contributed by atoms with Gasteiger partial charge in [0, 0.05) is 11.1 Å². The Balaban J connectivity index is 1.87. The van der Waals surface area contributed by atoms with Gasteiger partial charge in [0.15, 0.2) is 0 Å². The summed E-state index contributed by atoms with van der Waals surface area (Å²) >= 11 is 0. The molecule has 3 N–H and O–H groups in total. The molecule has 1 amide bonds. The van der Waals surface area contributed by atoms with Crippen LogP contribution in [0.1, 0.15) is 21.7 Å². The molecule has 0 aliphatic carbocycles. The zero-order valence-corrected chi connectivity index (χ0v) is 11.5. The summed E-state index contributed by atoms with van der Waals surface area (Å²) in [5.41, 5.74) is 3.49. The van der Waals surface area contributed by atoms with E-state index in [0.717, 1.165) is 17.0 Å². The second-order valence-corrected chi connectivity index (χ2v) is 4.58. The SMILES string of the molecule is Cc1n[nH]c(C)c1NC(=O)c1cccc(-c2nn[nH]n2)c1. The average molecular weight is 283 g/mol. The van der Waals surface area contributed by atoms with Crippen molar-refractivity contribution in [1.29, 1.82) is 0 Å². The van der Waals surface area contributed by atoms with Gasteiger partial charge in [0.05, 0.1) is 17.1 Å². The molecule has 0 saturated heterocycles. The van der Waals surface area contributed by atoms with Crippen LogP contribution in [0.5, 0.6) is 0 Å². The molecular formula is C13H13N7O. The molecular weight excluding hydrogens is 270 g/mol. The molecule has 0 aliphatic rings. The van der Waals surface area contributed by atoms with Crippen molar-refractivity contribution >= 4 is 11.6 Å². The highest BCUT2D eigenvalue weighted by Crippen LogP contribution is 2.19. The summed E-state index contributed by atoms with van der Waals surface area (Å²) in [6.07, 6.45) is 0. The second kappa shape index (κ2) is 5.16. The Morgan fingerprint density at radius 2 is 2.10 bits per heavy atom. The molecule has 3 rings (SSSR count). The average Bonchev–Trinajstić information content (AvgIpc) is 3.13. The zero-order chi connectivity index (χ0) is 14.8. The van der Waals surface area contributed by atoms with Gasteiger partial charge >= 0.3 is 0 Å². The molecule has 2 aromatic heterocycles. The fraction of sp³-hybridized carbons (Fsp3) is 0.154. The highest BCUT2D eigenvalue weighted by molar-refractivity contribution is 6.05. The number of nitrogens with one attached hydrogen (secondary N) is 3. The molecule has 21 heavy (non-hydrogen) atoms. The number of carbonyl (C=O) groups excluding carboxylic acids is 1. The minimum Gasteiger partial charge on any atom is -0.319 e. The Morgan fingerprint density at radius 3 is 2.76 bits per heavy atom. The normalized spacial score (nSPS) is 10.6. The van der Waals surface area contributed by atoms with Crippen LogP contribution in [-0.4, -0.2) is 36.7 Å². The number of aromatic nitrogens is 6. The van der Waals surface area contributed by atoms with E-state index in [1.807, 2.05) is 19.9 Å².